The molecule has 0 unspecified atom stereocenters. The molecule has 0 heterocycles. The maximum atomic E-state index is 12.2. The fourth-order valence-electron chi connectivity index (χ4n) is 1.60. The first-order valence-corrected chi connectivity index (χ1v) is 7.19. The second-order valence-electron chi connectivity index (χ2n) is 3.86. The molecule has 0 N–H and O–H groups in total. The molecule has 2 aromatic rings. The molecule has 2 aromatic carbocycles. The Morgan fingerprint density at radius 3 is 1.95 bits per heavy atom. The van der Waals surface area contributed by atoms with Crippen molar-refractivity contribution in [3.8, 4) is 17.2 Å². The number of hydrogen-bond donors (Lipinski definition) is 0. The van der Waals surface area contributed by atoms with Crippen molar-refractivity contribution in [1.82, 2.24) is 0 Å². The van der Waals surface area contributed by atoms with E-state index in [1.807, 2.05) is 0 Å². The van der Waals surface area contributed by atoms with Crippen LogP contribution in [0.4, 0.5) is 0 Å². The van der Waals surface area contributed by atoms with Crippen molar-refractivity contribution in [1.29, 1.82) is 0 Å². The van der Waals surface area contributed by atoms with Gasteiger partial charge in [-0.25, -0.2) is 0 Å². The molecule has 0 saturated heterocycles. The molecule has 0 aromatic heterocycles. The number of para-hydroxylation sites is 2. The molecule has 0 spiro atoms. The van der Waals surface area contributed by atoms with Crippen molar-refractivity contribution in [3.63, 3.8) is 0 Å². The summed E-state index contributed by atoms with van der Waals surface area (Å²) in [7, 11) is -0.951. The predicted octanol–water partition coefficient (Wildman–Crippen LogP) is 2.47. The average Bonchev–Trinajstić information content (AvgIpc) is 2.47. The van der Waals surface area contributed by atoms with Crippen LogP contribution in [0.15, 0.2) is 53.4 Å². The molecular formula is C14H14O5S. The van der Waals surface area contributed by atoms with Crippen LogP contribution in [-0.4, -0.2) is 22.6 Å². The molecule has 0 saturated carbocycles. The molecule has 0 radical (unpaired) electrons. The second kappa shape index (κ2) is 5.83. The summed E-state index contributed by atoms with van der Waals surface area (Å²) in [5.41, 5.74) is 0. The van der Waals surface area contributed by atoms with Crippen LogP contribution < -0.4 is 13.7 Å². The van der Waals surface area contributed by atoms with Crippen molar-refractivity contribution >= 4 is 10.1 Å². The Kier molecular flexibility index (Phi) is 4.14. The van der Waals surface area contributed by atoms with E-state index in [9.17, 15) is 8.42 Å². The summed E-state index contributed by atoms with van der Waals surface area (Å²) in [6, 6.07) is 12.5. The third kappa shape index (κ3) is 3.03. The maximum absolute atomic E-state index is 12.2. The zero-order valence-corrected chi connectivity index (χ0v) is 11.9. The van der Waals surface area contributed by atoms with Crippen LogP contribution in [0.2, 0.25) is 0 Å². The minimum atomic E-state index is -3.91. The van der Waals surface area contributed by atoms with Gasteiger partial charge in [-0.15, -0.1) is 0 Å². The highest BCUT2D eigenvalue weighted by Crippen LogP contribution is 2.29. The van der Waals surface area contributed by atoms with Crippen molar-refractivity contribution in [2.24, 2.45) is 0 Å². The van der Waals surface area contributed by atoms with E-state index in [1.54, 1.807) is 30.3 Å². The van der Waals surface area contributed by atoms with Crippen molar-refractivity contribution < 1.29 is 22.1 Å². The van der Waals surface area contributed by atoms with E-state index in [1.165, 1.54) is 32.4 Å². The lowest BCUT2D eigenvalue weighted by Gasteiger charge is -2.10. The molecular weight excluding hydrogens is 280 g/mol. The van der Waals surface area contributed by atoms with Gasteiger partial charge in [-0.05, 0) is 36.4 Å². The third-order valence-corrected chi connectivity index (χ3v) is 3.87. The molecule has 5 nitrogen and oxygen atoms in total. The lowest BCUT2D eigenvalue weighted by Crippen LogP contribution is -2.10. The fourth-order valence-corrected chi connectivity index (χ4v) is 2.54. The minimum absolute atomic E-state index is 0.0456. The second-order valence-corrected chi connectivity index (χ2v) is 5.41. The van der Waals surface area contributed by atoms with E-state index in [-0.39, 0.29) is 10.6 Å². The van der Waals surface area contributed by atoms with E-state index >= 15 is 0 Å². The van der Waals surface area contributed by atoms with E-state index in [0.717, 1.165) is 0 Å². The molecule has 0 fully saturated rings. The van der Waals surface area contributed by atoms with Gasteiger partial charge >= 0.3 is 10.1 Å². The number of methoxy groups -OCH3 is 2. The van der Waals surface area contributed by atoms with Gasteiger partial charge in [0.2, 0.25) is 0 Å². The number of rotatable bonds is 5. The van der Waals surface area contributed by atoms with Crippen LogP contribution in [0.5, 0.6) is 17.2 Å². The Labute approximate surface area is 117 Å². The standard InChI is InChI=1S/C14H14O5S/c1-17-11-7-9-12(10-8-11)20(15,16)19-14-6-4-3-5-13(14)18-2/h3-10H,1-2H3. The molecule has 0 atom stereocenters. The summed E-state index contributed by atoms with van der Waals surface area (Å²) in [4.78, 5) is 0.0456. The maximum Gasteiger partial charge on any atom is 0.339 e. The van der Waals surface area contributed by atoms with Gasteiger partial charge in [-0.3, -0.25) is 0 Å². The molecule has 0 bridgehead atoms. The van der Waals surface area contributed by atoms with Gasteiger partial charge in [0.25, 0.3) is 0 Å². The molecule has 0 aliphatic heterocycles. The summed E-state index contributed by atoms with van der Waals surface area (Å²) in [5, 5.41) is 0. The van der Waals surface area contributed by atoms with Crippen LogP contribution in [0.3, 0.4) is 0 Å². The monoisotopic (exact) mass is 294 g/mol. The minimum Gasteiger partial charge on any atom is -0.497 e. The van der Waals surface area contributed by atoms with Gasteiger partial charge in [-0.1, -0.05) is 12.1 Å². The molecule has 106 valence electrons. The van der Waals surface area contributed by atoms with Crippen LogP contribution in [0, 0.1) is 0 Å². The highest BCUT2D eigenvalue weighted by molar-refractivity contribution is 7.87. The zero-order chi connectivity index (χ0) is 14.6. The van der Waals surface area contributed by atoms with Crippen LogP contribution in [-0.2, 0) is 10.1 Å². The highest BCUT2D eigenvalue weighted by atomic mass is 32.2. The Hall–Kier alpha value is -2.21. The Morgan fingerprint density at radius 2 is 1.40 bits per heavy atom. The molecule has 0 amide bonds. The van der Waals surface area contributed by atoms with Crippen molar-refractivity contribution in [2.45, 2.75) is 4.90 Å². The average molecular weight is 294 g/mol. The first-order chi connectivity index (χ1) is 9.56. The summed E-state index contributed by atoms with van der Waals surface area (Å²) in [6.07, 6.45) is 0. The van der Waals surface area contributed by atoms with Gasteiger partial charge in [0.1, 0.15) is 10.6 Å². The van der Waals surface area contributed by atoms with Gasteiger partial charge in [0.15, 0.2) is 11.5 Å². The summed E-state index contributed by atoms with van der Waals surface area (Å²) in [6.45, 7) is 0. The summed E-state index contributed by atoms with van der Waals surface area (Å²) >= 11 is 0. The van der Waals surface area contributed by atoms with E-state index in [4.69, 9.17) is 13.7 Å². The van der Waals surface area contributed by atoms with Gasteiger partial charge in [0.05, 0.1) is 14.2 Å². The van der Waals surface area contributed by atoms with Crippen molar-refractivity contribution in [2.75, 3.05) is 14.2 Å². The van der Waals surface area contributed by atoms with E-state index in [0.29, 0.717) is 11.5 Å². The Balaban J connectivity index is 2.30. The summed E-state index contributed by atoms with van der Waals surface area (Å²) in [5.74, 6) is 1.07. The number of benzene rings is 2. The molecule has 2 rings (SSSR count). The summed E-state index contributed by atoms with van der Waals surface area (Å²) < 4.78 is 39.4. The van der Waals surface area contributed by atoms with Crippen LogP contribution in [0.1, 0.15) is 0 Å². The highest BCUT2D eigenvalue weighted by Gasteiger charge is 2.18. The Bertz CT molecular complexity index is 677. The number of hydrogen-bond acceptors (Lipinski definition) is 5. The molecule has 0 aliphatic rings. The van der Waals surface area contributed by atoms with Crippen LogP contribution >= 0.6 is 0 Å². The smallest absolute Gasteiger partial charge is 0.339 e. The normalized spacial score (nSPS) is 10.9. The molecule has 0 aliphatic carbocycles. The van der Waals surface area contributed by atoms with Crippen molar-refractivity contribution in [3.05, 3.63) is 48.5 Å². The fraction of sp³-hybridized carbons (Fsp3) is 0.143. The number of ether oxygens (including phenoxy) is 2. The first kappa shape index (κ1) is 14.2. The molecule has 20 heavy (non-hydrogen) atoms. The Morgan fingerprint density at radius 1 is 0.800 bits per heavy atom. The lowest BCUT2D eigenvalue weighted by molar-refractivity contribution is 0.390. The predicted molar refractivity (Wildman–Crippen MR) is 73.8 cm³/mol. The zero-order valence-electron chi connectivity index (χ0n) is 11.1. The lowest BCUT2D eigenvalue weighted by atomic mass is 10.3. The van der Waals surface area contributed by atoms with Crippen LogP contribution in [0.25, 0.3) is 0 Å². The first-order valence-electron chi connectivity index (χ1n) is 5.78. The van der Waals surface area contributed by atoms with Gasteiger partial charge in [0, 0.05) is 0 Å². The van der Waals surface area contributed by atoms with E-state index < -0.39 is 10.1 Å². The van der Waals surface area contributed by atoms with Gasteiger partial charge < -0.3 is 13.7 Å². The quantitative estimate of drug-likeness (QED) is 0.793. The van der Waals surface area contributed by atoms with E-state index in [2.05, 4.69) is 0 Å². The topological polar surface area (TPSA) is 61.8 Å². The van der Waals surface area contributed by atoms with Gasteiger partial charge in [-0.2, -0.15) is 8.42 Å². The largest absolute Gasteiger partial charge is 0.497 e. The molecule has 6 heteroatoms. The SMILES string of the molecule is COc1ccc(S(=O)(=O)Oc2ccccc2OC)cc1. The third-order valence-electron chi connectivity index (χ3n) is 2.62.